The number of ether oxygens (including phenoxy) is 1. The van der Waals surface area contributed by atoms with Gasteiger partial charge in [-0.05, 0) is 56.7 Å². The third kappa shape index (κ3) is 5.45. The second-order valence-corrected chi connectivity index (χ2v) is 6.52. The van der Waals surface area contributed by atoms with Crippen molar-refractivity contribution >= 4 is 23.2 Å². The van der Waals surface area contributed by atoms with E-state index in [-0.39, 0.29) is 0 Å². The number of likely N-dealkylation sites (N-methyl/N-ethyl adjacent to an activating group) is 1. The van der Waals surface area contributed by atoms with Crippen molar-refractivity contribution in [2.45, 2.75) is 57.6 Å². The first-order valence-electron chi connectivity index (χ1n) is 7.98. The van der Waals surface area contributed by atoms with E-state index >= 15 is 0 Å². The van der Waals surface area contributed by atoms with Gasteiger partial charge in [0.25, 0.3) is 0 Å². The fourth-order valence-electron chi connectivity index (χ4n) is 2.96. The van der Waals surface area contributed by atoms with E-state index in [9.17, 15) is 0 Å². The highest BCUT2D eigenvalue weighted by Gasteiger charge is 2.17. The Bertz CT molecular complexity index is 433. The van der Waals surface area contributed by atoms with Crippen LogP contribution in [0.5, 0.6) is 0 Å². The highest BCUT2D eigenvalue weighted by atomic mass is 35.5. The topological polar surface area (TPSA) is 21.3 Å². The highest BCUT2D eigenvalue weighted by Crippen LogP contribution is 2.27. The molecule has 2 rings (SSSR count). The summed E-state index contributed by atoms with van der Waals surface area (Å²) in [6.07, 6.45) is 7.31. The Hall–Kier alpha value is -0.280. The molecule has 2 unspecified atom stereocenters. The number of hydrogen-bond donors (Lipinski definition) is 1. The molecule has 118 valence electrons. The first-order chi connectivity index (χ1) is 10.2. The van der Waals surface area contributed by atoms with Gasteiger partial charge in [-0.3, -0.25) is 0 Å². The van der Waals surface area contributed by atoms with Crippen molar-refractivity contribution in [2.24, 2.45) is 0 Å². The van der Waals surface area contributed by atoms with Crippen LogP contribution in [0, 0.1) is 0 Å². The Balaban J connectivity index is 1.90. The van der Waals surface area contributed by atoms with Crippen molar-refractivity contribution in [1.82, 2.24) is 5.32 Å². The van der Waals surface area contributed by atoms with Gasteiger partial charge in [0.05, 0.1) is 16.1 Å². The number of halogens is 2. The van der Waals surface area contributed by atoms with Crippen LogP contribution in [0.2, 0.25) is 10.0 Å². The van der Waals surface area contributed by atoms with Gasteiger partial charge in [-0.1, -0.05) is 42.3 Å². The Labute approximate surface area is 138 Å². The van der Waals surface area contributed by atoms with Crippen molar-refractivity contribution in [3.8, 4) is 0 Å². The van der Waals surface area contributed by atoms with Gasteiger partial charge in [0, 0.05) is 12.6 Å². The molecule has 0 bridgehead atoms. The summed E-state index contributed by atoms with van der Waals surface area (Å²) in [6, 6.07) is 6.30. The highest BCUT2D eigenvalue weighted by molar-refractivity contribution is 6.42. The third-order valence-corrected chi connectivity index (χ3v) is 4.96. The molecule has 1 fully saturated rings. The standard InChI is InChI=1S/C17H25Cl2NO/c1-2-20-14(9-10-15-7-3-4-11-21-15)12-13-6-5-8-16(18)17(13)19/h5-6,8,14-15,20H,2-4,7,9-12H2,1H3. The Morgan fingerprint density at radius 3 is 2.90 bits per heavy atom. The Morgan fingerprint density at radius 2 is 2.19 bits per heavy atom. The predicted molar refractivity (Wildman–Crippen MR) is 90.5 cm³/mol. The zero-order chi connectivity index (χ0) is 15.1. The monoisotopic (exact) mass is 329 g/mol. The van der Waals surface area contributed by atoms with Gasteiger partial charge < -0.3 is 10.1 Å². The molecule has 1 saturated heterocycles. The molecule has 1 heterocycles. The van der Waals surface area contributed by atoms with Crippen molar-refractivity contribution in [2.75, 3.05) is 13.2 Å². The summed E-state index contributed by atoms with van der Waals surface area (Å²) < 4.78 is 5.82. The molecule has 1 N–H and O–H groups in total. The van der Waals surface area contributed by atoms with Gasteiger partial charge in [0.1, 0.15) is 0 Å². The lowest BCUT2D eigenvalue weighted by Gasteiger charge is -2.25. The van der Waals surface area contributed by atoms with Gasteiger partial charge >= 0.3 is 0 Å². The fourth-order valence-corrected chi connectivity index (χ4v) is 3.36. The van der Waals surface area contributed by atoms with Crippen LogP contribution in [0.15, 0.2) is 18.2 Å². The van der Waals surface area contributed by atoms with Crippen molar-refractivity contribution < 1.29 is 4.74 Å². The lowest BCUT2D eigenvalue weighted by molar-refractivity contribution is 0.00861. The molecule has 1 aromatic carbocycles. The first kappa shape index (κ1) is 17.1. The van der Waals surface area contributed by atoms with Gasteiger partial charge in [0.15, 0.2) is 0 Å². The summed E-state index contributed by atoms with van der Waals surface area (Å²) in [5.74, 6) is 0. The molecule has 21 heavy (non-hydrogen) atoms. The summed E-state index contributed by atoms with van der Waals surface area (Å²) in [5.41, 5.74) is 1.12. The molecule has 0 amide bonds. The molecule has 0 spiro atoms. The molecule has 0 radical (unpaired) electrons. The summed E-state index contributed by atoms with van der Waals surface area (Å²) in [5, 5.41) is 4.89. The lowest BCUT2D eigenvalue weighted by atomic mass is 9.97. The minimum atomic E-state index is 0.427. The third-order valence-electron chi connectivity index (χ3n) is 4.10. The molecule has 4 heteroatoms. The average Bonchev–Trinajstić information content (AvgIpc) is 2.50. The van der Waals surface area contributed by atoms with Gasteiger partial charge in [0.2, 0.25) is 0 Å². The molecular formula is C17H25Cl2NO. The summed E-state index contributed by atoms with van der Waals surface area (Å²) in [6.45, 7) is 4.04. The van der Waals surface area contributed by atoms with Crippen molar-refractivity contribution in [3.63, 3.8) is 0 Å². The van der Waals surface area contributed by atoms with Gasteiger partial charge in [-0.2, -0.15) is 0 Å². The van der Waals surface area contributed by atoms with E-state index in [1.807, 2.05) is 12.1 Å². The second-order valence-electron chi connectivity index (χ2n) is 5.74. The van der Waals surface area contributed by atoms with Crippen LogP contribution in [0.25, 0.3) is 0 Å². The van der Waals surface area contributed by atoms with E-state index in [0.717, 1.165) is 38.0 Å². The number of benzene rings is 1. The molecule has 0 saturated carbocycles. The van der Waals surface area contributed by atoms with Gasteiger partial charge in [-0.25, -0.2) is 0 Å². The molecule has 0 aromatic heterocycles. The Kier molecular flexibility index (Phi) is 7.31. The number of hydrogen-bond acceptors (Lipinski definition) is 2. The van der Waals surface area contributed by atoms with Crippen LogP contribution < -0.4 is 5.32 Å². The van der Waals surface area contributed by atoms with Crippen LogP contribution in [0.3, 0.4) is 0 Å². The fraction of sp³-hybridized carbons (Fsp3) is 0.647. The number of rotatable bonds is 7. The van der Waals surface area contributed by atoms with E-state index in [1.165, 1.54) is 19.3 Å². The molecule has 0 aliphatic carbocycles. The zero-order valence-electron chi connectivity index (χ0n) is 12.7. The molecule has 1 aromatic rings. The Morgan fingerprint density at radius 1 is 1.33 bits per heavy atom. The minimum Gasteiger partial charge on any atom is -0.378 e. The van der Waals surface area contributed by atoms with Crippen LogP contribution in [0.1, 0.15) is 44.6 Å². The zero-order valence-corrected chi connectivity index (χ0v) is 14.2. The van der Waals surface area contributed by atoms with Crippen molar-refractivity contribution in [3.05, 3.63) is 33.8 Å². The van der Waals surface area contributed by atoms with Crippen molar-refractivity contribution in [1.29, 1.82) is 0 Å². The van der Waals surface area contributed by atoms with Crippen LogP contribution in [-0.2, 0) is 11.2 Å². The summed E-state index contributed by atoms with van der Waals surface area (Å²) >= 11 is 12.4. The second kappa shape index (κ2) is 8.99. The molecule has 2 nitrogen and oxygen atoms in total. The minimum absolute atomic E-state index is 0.427. The summed E-state index contributed by atoms with van der Waals surface area (Å²) in [4.78, 5) is 0. The first-order valence-corrected chi connectivity index (χ1v) is 8.74. The normalized spacial score (nSPS) is 20.4. The lowest BCUT2D eigenvalue weighted by Crippen LogP contribution is -2.32. The van der Waals surface area contributed by atoms with Gasteiger partial charge in [-0.15, -0.1) is 0 Å². The van der Waals surface area contributed by atoms with E-state index in [0.29, 0.717) is 22.2 Å². The molecule has 2 atom stereocenters. The van der Waals surface area contributed by atoms with E-state index in [1.54, 1.807) is 0 Å². The predicted octanol–water partition coefficient (Wildman–Crippen LogP) is 4.86. The molecular weight excluding hydrogens is 305 g/mol. The quantitative estimate of drug-likeness (QED) is 0.771. The molecule has 1 aliphatic heterocycles. The van der Waals surface area contributed by atoms with Crippen LogP contribution >= 0.6 is 23.2 Å². The SMILES string of the molecule is CCNC(CCC1CCCCO1)Cc1cccc(Cl)c1Cl. The molecule has 1 aliphatic rings. The van der Waals surface area contributed by atoms with E-state index in [2.05, 4.69) is 18.3 Å². The smallest absolute Gasteiger partial charge is 0.0624 e. The van der Waals surface area contributed by atoms with E-state index < -0.39 is 0 Å². The largest absolute Gasteiger partial charge is 0.378 e. The maximum atomic E-state index is 6.30. The van der Waals surface area contributed by atoms with Crippen LogP contribution in [-0.4, -0.2) is 25.3 Å². The maximum Gasteiger partial charge on any atom is 0.0624 e. The van der Waals surface area contributed by atoms with E-state index in [4.69, 9.17) is 27.9 Å². The summed E-state index contributed by atoms with van der Waals surface area (Å²) in [7, 11) is 0. The maximum absolute atomic E-state index is 6.30. The number of nitrogens with one attached hydrogen (secondary N) is 1. The van der Waals surface area contributed by atoms with Crippen LogP contribution in [0.4, 0.5) is 0 Å². The average molecular weight is 330 g/mol.